The van der Waals surface area contributed by atoms with E-state index in [4.69, 9.17) is 4.74 Å². The first kappa shape index (κ1) is 17.5. The van der Waals surface area contributed by atoms with Crippen LogP contribution in [-0.4, -0.2) is 35.6 Å². The summed E-state index contributed by atoms with van der Waals surface area (Å²) >= 11 is 0. The molecule has 0 bridgehead atoms. The molecule has 1 fully saturated rings. The second-order valence-electron chi connectivity index (χ2n) is 7.01. The second kappa shape index (κ2) is 7.70. The van der Waals surface area contributed by atoms with Crippen molar-refractivity contribution in [2.75, 3.05) is 20.3 Å². The molecule has 1 amide bonds. The van der Waals surface area contributed by atoms with Crippen molar-refractivity contribution >= 4 is 5.91 Å². The van der Waals surface area contributed by atoms with Gasteiger partial charge in [0.2, 0.25) is 5.91 Å². The summed E-state index contributed by atoms with van der Waals surface area (Å²) in [5, 5.41) is 0. The highest BCUT2D eigenvalue weighted by molar-refractivity contribution is 5.87. The van der Waals surface area contributed by atoms with Gasteiger partial charge >= 0.3 is 0 Å². The summed E-state index contributed by atoms with van der Waals surface area (Å²) in [6.07, 6.45) is 7.84. The third kappa shape index (κ3) is 4.60. The van der Waals surface area contributed by atoms with Crippen LogP contribution in [0.15, 0.2) is 61.4 Å². The molecule has 25 heavy (non-hydrogen) atoms. The zero-order chi connectivity index (χ0) is 17.7. The number of ether oxygens (including phenoxy) is 1. The van der Waals surface area contributed by atoms with Crippen molar-refractivity contribution < 1.29 is 9.53 Å². The van der Waals surface area contributed by atoms with Crippen molar-refractivity contribution in [1.29, 1.82) is 0 Å². The maximum atomic E-state index is 12.3. The monoisotopic (exact) mass is 338 g/mol. The quantitative estimate of drug-likeness (QED) is 0.656. The number of carbonyl (C=O) groups excluding carboxylic acids is 1. The maximum absolute atomic E-state index is 12.3. The predicted octanol–water partition coefficient (Wildman–Crippen LogP) is 3.48. The number of hydrogen-bond acceptors (Lipinski definition) is 2. The lowest BCUT2D eigenvalue weighted by Crippen LogP contribution is -2.36. The Morgan fingerprint density at radius 2 is 2.04 bits per heavy atom. The molecular weight excluding hydrogens is 312 g/mol. The number of rotatable bonds is 9. The van der Waals surface area contributed by atoms with E-state index in [2.05, 4.69) is 53.9 Å². The van der Waals surface area contributed by atoms with Gasteiger partial charge in [-0.3, -0.25) is 4.79 Å². The van der Waals surface area contributed by atoms with E-state index in [-0.39, 0.29) is 11.3 Å². The van der Waals surface area contributed by atoms with Gasteiger partial charge in [-0.2, -0.15) is 0 Å². The normalized spacial score (nSPS) is 14.9. The standard InChI is InChI=1S/C21H26N2O2/c1-3-20(24)23(16-21(10-11-21)17-25-2)15-19-9-12-22(14-19)13-18-7-5-4-6-8-18/h3-9,12,14H,1,10-11,13,15-17H2,2H3. The van der Waals surface area contributed by atoms with Crippen molar-refractivity contribution in [2.24, 2.45) is 5.41 Å². The molecule has 1 saturated carbocycles. The largest absolute Gasteiger partial charge is 0.384 e. The van der Waals surface area contributed by atoms with Crippen molar-refractivity contribution in [3.05, 3.63) is 72.6 Å². The Morgan fingerprint density at radius 3 is 2.68 bits per heavy atom. The van der Waals surface area contributed by atoms with Gasteiger partial charge in [0.15, 0.2) is 0 Å². The van der Waals surface area contributed by atoms with Crippen LogP contribution in [0.2, 0.25) is 0 Å². The van der Waals surface area contributed by atoms with Gasteiger partial charge in [0.25, 0.3) is 0 Å². The van der Waals surface area contributed by atoms with Gasteiger partial charge in [-0.05, 0) is 36.1 Å². The summed E-state index contributed by atoms with van der Waals surface area (Å²) in [7, 11) is 1.73. The van der Waals surface area contributed by atoms with E-state index in [9.17, 15) is 4.79 Å². The number of hydrogen-bond donors (Lipinski definition) is 0. The molecule has 1 aliphatic carbocycles. The molecule has 0 spiro atoms. The number of aromatic nitrogens is 1. The number of benzene rings is 1. The number of methoxy groups -OCH3 is 1. The van der Waals surface area contributed by atoms with E-state index in [1.807, 2.05) is 11.0 Å². The van der Waals surface area contributed by atoms with Crippen LogP contribution < -0.4 is 0 Å². The molecule has 132 valence electrons. The molecular formula is C21H26N2O2. The summed E-state index contributed by atoms with van der Waals surface area (Å²) in [5.41, 5.74) is 2.54. The van der Waals surface area contributed by atoms with Gasteiger partial charge in [0.05, 0.1) is 6.61 Å². The Kier molecular flexibility index (Phi) is 5.39. The fourth-order valence-corrected chi connectivity index (χ4v) is 3.27. The Labute approximate surface area is 149 Å². The molecule has 0 N–H and O–H groups in total. The zero-order valence-corrected chi connectivity index (χ0v) is 14.9. The average molecular weight is 338 g/mol. The van der Waals surface area contributed by atoms with Gasteiger partial charge in [-0.1, -0.05) is 36.9 Å². The molecule has 0 radical (unpaired) electrons. The fraction of sp³-hybridized carbons (Fsp3) is 0.381. The minimum absolute atomic E-state index is 0.0156. The predicted molar refractivity (Wildman–Crippen MR) is 99.1 cm³/mol. The van der Waals surface area contributed by atoms with Crippen molar-refractivity contribution in [3.8, 4) is 0 Å². The van der Waals surface area contributed by atoms with Crippen LogP contribution in [-0.2, 0) is 22.6 Å². The van der Waals surface area contributed by atoms with Crippen LogP contribution in [0.3, 0.4) is 0 Å². The smallest absolute Gasteiger partial charge is 0.246 e. The minimum Gasteiger partial charge on any atom is -0.384 e. The molecule has 4 heteroatoms. The lowest BCUT2D eigenvalue weighted by atomic mass is 10.1. The molecule has 2 aromatic rings. The molecule has 0 saturated heterocycles. The van der Waals surface area contributed by atoms with Gasteiger partial charge < -0.3 is 14.2 Å². The van der Waals surface area contributed by atoms with E-state index < -0.39 is 0 Å². The Morgan fingerprint density at radius 1 is 1.28 bits per heavy atom. The van der Waals surface area contributed by atoms with Crippen LogP contribution >= 0.6 is 0 Å². The number of nitrogens with zero attached hydrogens (tertiary/aromatic N) is 2. The molecule has 1 aromatic carbocycles. The molecule has 4 nitrogen and oxygen atoms in total. The van der Waals surface area contributed by atoms with E-state index in [1.165, 1.54) is 11.6 Å². The van der Waals surface area contributed by atoms with E-state index >= 15 is 0 Å². The summed E-state index contributed by atoms with van der Waals surface area (Å²) < 4.78 is 7.49. The van der Waals surface area contributed by atoms with Crippen molar-refractivity contribution in [3.63, 3.8) is 0 Å². The Balaban J connectivity index is 1.65. The molecule has 0 atom stereocenters. The number of amides is 1. The highest BCUT2D eigenvalue weighted by Gasteiger charge is 2.44. The molecule has 1 aromatic heterocycles. The maximum Gasteiger partial charge on any atom is 0.246 e. The Hall–Kier alpha value is -2.33. The summed E-state index contributed by atoms with van der Waals surface area (Å²) in [6.45, 7) is 6.54. The number of carbonyl (C=O) groups is 1. The van der Waals surface area contributed by atoms with Crippen molar-refractivity contribution in [2.45, 2.75) is 25.9 Å². The van der Waals surface area contributed by atoms with E-state index in [0.717, 1.165) is 31.5 Å². The highest BCUT2D eigenvalue weighted by atomic mass is 16.5. The molecule has 3 rings (SSSR count). The topological polar surface area (TPSA) is 34.5 Å². The van der Waals surface area contributed by atoms with Crippen molar-refractivity contribution in [1.82, 2.24) is 9.47 Å². The van der Waals surface area contributed by atoms with Gasteiger partial charge in [0, 0.05) is 44.6 Å². The van der Waals surface area contributed by atoms with Gasteiger partial charge in [-0.15, -0.1) is 0 Å². The molecule has 1 heterocycles. The second-order valence-corrected chi connectivity index (χ2v) is 7.01. The van der Waals surface area contributed by atoms with Crippen LogP contribution in [0.25, 0.3) is 0 Å². The average Bonchev–Trinajstić information content (AvgIpc) is 3.24. The molecule has 0 unspecified atom stereocenters. The lowest BCUT2D eigenvalue weighted by Gasteiger charge is -2.26. The third-order valence-corrected chi connectivity index (χ3v) is 4.81. The fourth-order valence-electron chi connectivity index (χ4n) is 3.27. The summed E-state index contributed by atoms with van der Waals surface area (Å²) in [6, 6.07) is 12.5. The first-order chi connectivity index (χ1) is 12.1. The lowest BCUT2D eigenvalue weighted by molar-refractivity contribution is -0.127. The summed E-state index contributed by atoms with van der Waals surface area (Å²) in [5.74, 6) is -0.0156. The van der Waals surface area contributed by atoms with Crippen LogP contribution in [0.4, 0.5) is 0 Å². The van der Waals surface area contributed by atoms with Crippen LogP contribution in [0.1, 0.15) is 24.0 Å². The van der Waals surface area contributed by atoms with Gasteiger partial charge in [0.1, 0.15) is 0 Å². The third-order valence-electron chi connectivity index (χ3n) is 4.81. The summed E-state index contributed by atoms with van der Waals surface area (Å²) in [4.78, 5) is 14.2. The van der Waals surface area contributed by atoms with Crippen LogP contribution in [0, 0.1) is 5.41 Å². The minimum atomic E-state index is -0.0156. The Bertz CT molecular complexity index is 717. The zero-order valence-electron chi connectivity index (χ0n) is 14.9. The SMILES string of the molecule is C=CC(=O)N(Cc1ccn(Cc2ccccc2)c1)CC1(COC)CC1. The van der Waals surface area contributed by atoms with Gasteiger partial charge in [-0.25, -0.2) is 0 Å². The van der Waals surface area contributed by atoms with E-state index in [1.54, 1.807) is 7.11 Å². The first-order valence-corrected chi connectivity index (χ1v) is 8.73. The van der Waals surface area contributed by atoms with E-state index in [0.29, 0.717) is 13.2 Å². The first-order valence-electron chi connectivity index (χ1n) is 8.73. The van der Waals surface area contributed by atoms with Crippen LogP contribution in [0.5, 0.6) is 0 Å². The molecule has 1 aliphatic rings. The molecule has 0 aliphatic heterocycles. The highest BCUT2D eigenvalue weighted by Crippen LogP contribution is 2.46.